The fourth-order valence-electron chi connectivity index (χ4n) is 3.60. The molecule has 28 heavy (non-hydrogen) atoms. The number of para-hydroxylation sites is 1. The summed E-state index contributed by atoms with van der Waals surface area (Å²) in [5.74, 6) is 0.243. The van der Waals surface area contributed by atoms with Gasteiger partial charge in [-0.2, -0.15) is 5.10 Å². The van der Waals surface area contributed by atoms with E-state index < -0.39 is 0 Å². The number of carbonyl (C=O) groups excluding carboxylic acids is 1. The van der Waals surface area contributed by atoms with E-state index in [1.165, 1.54) is 0 Å². The van der Waals surface area contributed by atoms with Crippen LogP contribution in [0, 0.1) is 5.92 Å². The number of amides is 1. The van der Waals surface area contributed by atoms with Crippen molar-refractivity contribution in [1.29, 1.82) is 0 Å². The normalized spacial score (nSPS) is 16.3. The molecule has 144 valence electrons. The van der Waals surface area contributed by atoms with Gasteiger partial charge in [0, 0.05) is 42.5 Å². The minimum absolute atomic E-state index is 0.0631. The van der Waals surface area contributed by atoms with Crippen molar-refractivity contribution in [2.45, 2.75) is 13.0 Å². The van der Waals surface area contributed by atoms with E-state index in [9.17, 15) is 4.79 Å². The van der Waals surface area contributed by atoms with E-state index in [-0.39, 0.29) is 11.8 Å². The lowest BCUT2D eigenvalue weighted by atomic mass is 10.1. The molecule has 1 atom stereocenters. The summed E-state index contributed by atoms with van der Waals surface area (Å²) in [4.78, 5) is 14.6. The first-order chi connectivity index (χ1) is 13.6. The fraction of sp³-hybridized carbons (Fsp3) is 0.273. The molecule has 3 aromatic rings. The molecule has 0 saturated carbocycles. The minimum atomic E-state index is 0.0631. The molecule has 6 heteroatoms. The standard InChI is InChI=1S/C22H23ClN4O/c1-26(22(28)17-11-12-24-13-17)14-18-15-27(20-5-3-2-4-6-20)25-21(18)16-7-9-19(23)10-8-16/h2-10,15,17,24H,11-14H2,1H3. The smallest absolute Gasteiger partial charge is 0.227 e. The molecular weight excluding hydrogens is 372 g/mol. The lowest BCUT2D eigenvalue weighted by Crippen LogP contribution is -2.33. The Morgan fingerprint density at radius 2 is 1.96 bits per heavy atom. The summed E-state index contributed by atoms with van der Waals surface area (Å²) >= 11 is 6.05. The molecule has 1 saturated heterocycles. The van der Waals surface area contributed by atoms with Crippen LogP contribution < -0.4 is 5.32 Å². The van der Waals surface area contributed by atoms with Crippen LogP contribution in [0.1, 0.15) is 12.0 Å². The number of halogens is 1. The second kappa shape index (κ2) is 8.17. The maximum absolute atomic E-state index is 12.8. The second-order valence-corrected chi connectivity index (χ2v) is 7.61. The molecule has 1 fully saturated rings. The summed E-state index contributed by atoms with van der Waals surface area (Å²) in [6, 6.07) is 17.6. The van der Waals surface area contributed by atoms with Crippen LogP contribution in [0.3, 0.4) is 0 Å². The third-order valence-corrected chi connectivity index (χ3v) is 5.37. The molecule has 2 aromatic carbocycles. The molecule has 1 N–H and O–H groups in total. The average molecular weight is 395 g/mol. The largest absolute Gasteiger partial charge is 0.341 e. The van der Waals surface area contributed by atoms with E-state index in [1.807, 2.05) is 77.4 Å². The SMILES string of the molecule is CN(Cc1cn(-c2ccccc2)nc1-c1ccc(Cl)cc1)C(=O)C1CCNC1. The first-order valence-electron chi connectivity index (χ1n) is 9.47. The lowest BCUT2D eigenvalue weighted by molar-refractivity contribution is -0.134. The number of rotatable bonds is 5. The van der Waals surface area contributed by atoms with Gasteiger partial charge in [0.2, 0.25) is 5.91 Å². The summed E-state index contributed by atoms with van der Waals surface area (Å²) < 4.78 is 1.87. The monoisotopic (exact) mass is 394 g/mol. The van der Waals surface area contributed by atoms with Crippen molar-refractivity contribution in [3.63, 3.8) is 0 Å². The quantitative estimate of drug-likeness (QED) is 0.716. The molecule has 1 aliphatic rings. The molecule has 1 amide bonds. The van der Waals surface area contributed by atoms with Crippen LogP contribution in [0.4, 0.5) is 0 Å². The van der Waals surface area contributed by atoms with Gasteiger partial charge in [0.15, 0.2) is 0 Å². The van der Waals surface area contributed by atoms with Gasteiger partial charge in [0.05, 0.1) is 17.3 Å². The van der Waals surface area contributed by atoms with Crippen LogP contribution in [0.25, 0.3) is 16.9 Å². The van der Waals surface area contributed by atoms with Crippen LogP contribution in [0.5, 0.6) is 0 Å². The van der Waals surface area contributed by atoms with Gasteiger partial charge in [0.25, 0.3) is 0 Å². The first kappa shape index (κ1) is 18.7. The van der Waals surface area contributed by atoms with Gasteiger partial charge in [-0.05, 0) is 37.2 Å². The number of carbonyl (C=O) groups is 1. The van der Waals surface area contributed by atoms with Crippen molar-refractivity contribution in [3.8, 4) is 16.9 Å². The predicted molar refractivity (Wildman–Crippen MR) is 111 cm³/mol. The van der Waals surface area contributed by atoms with E-state index in [4.69, 9.17) is 16.7 Å². The van der Waals surface area contributed by atoms with Crippen molar-refractivity contribution in [2.24, 2.45) is 5.92 Å². The Labute approximate surface area is 169 Å². The number of hydrogen-bond donors (Lipinski definition) is 1. The van der Waals surface area contributed by atoms with Gasteiger partial charge < -0.3 is 10.2 Å². The van der Waals surface area contributed by atoms with E-state index in [1.54, 1.807) is 0 Å². The maximum atomic E-state index is 12.8. The van der Waals surface area contributed by atoms with Gasteiger partial charge in [-0.3, -0.25) is 4.79 Å². The van der Waals surface area contributed by atoms with Crippen molar-refractivity contribution < 1.29 is 4.79 Å². The Kier molecular flexibility index (Phi) is 5.46. The van der Waals surface area contributed by atoms with Gasteiger partial charge in [-0.1, -0.05) is 41.9 Å². The molecule has 0 radical (unpaired) electrons. The molecule has 1 unspecified atom stereocenters. The van der Waals surface area contributed by atoms with Crippen LogP contribution in [-0.4, -0.2) is 40.7 Å². The number of aromatic nitrogens is 2. The van der Waals surface area contributed by atoms with E-state index >= 15 is 0 Å². The maximum Gasteiger partial charge on any atom is 0.227 e. The van der Waals surface area contributed by atoms with Crippen molar-refractivity contribution in [2.75, 3.05) is 20.1 Å². The Balaban J connectivity index is 1.66. The fourth-order valence-corrected chi connectivity index (χ4v) is 3.73. The summed E-state index contributed by atoms with van der Waals surface area (Å²) in [6.07, 6.45) is 2.91. The molecule has 5 nitrogen and oxygen atoms in total. The predicted octanol–water partition coefficient (Wildman–Crippen LogP) is 3.76. The van der Waals surface area contributed by atoms with Crippen LogP contribution >= 0.6 is 11.6 Å². The van der Waals surface area contributed by atoms with Gasteiger partial charge in [0.1, 0.15) is 0 Å². The Morgan fingerprint density at radius 1 is 1.21 bits per heavy atom. The van der Waals surface area contributed by atoms with E-state index in [0.717, 1.165) is 42.0 Å². The second-order valence-electron chi connectivity index (χ2n) is 7.17. The molecular formula is C22H23ClN4O. The highest BCUT2D eigenvalue weighted by Gasteiger charge is 2.26. The summed E-state index contributed by atoms with van der Waals surface area (Å²) in [5, 5.41) is 8.77. The zero-order chi connectivity index (χ0) is 19.5. The first-order valence-corrected chi connectivity index (χ1v) is 9.85. The van der Waals surface area contributed by atoms with E-state index in [2.05, 4.69) is 5.32 Å². The van der Waals surface area contributed by atoms with Crippen LogP contribution in [-0.2, 0) is 11.3 Å². The summed E-state index contributed by atoms with van der Waals surface area (Å²) in [5.41, 5.74) is 3.84. The number of hydrogen-bond acceptors (Lipinski definition) is 3. The minimum Gasteiger partial charge on any atom is -0.341 e. The highest BCUT2D eigenvalue weighted by atomic mass is 35.5. The molecule has 0 spiro atoms. The lowest BCUT2D eigenvalue weighted by Gasteiger charge is -2.20. The number of nitrogens with one attached hydrogen (secondary N) is 1. The zero-order valence-corrected chi connectivity index (χ0v) is 16.6. The summed E-state index contributed by atoms with van der Waals surface area (Å²) in [6.45, 7) is 2.18. The van der Waals surface area contributed by atoms with Gasteiger partial charge in [-0.25, -0.2) is 4.68 Å². The summed E-state index contributed by atoms with van der Waals surface area (Å²) in [7, 11) is 1.87. The molecule has 4 rings (SSSR count). The molecule has 1 aromatic heterocycles. The Bertz CT molecular complexity index is 946. The van der Waals surface area contributed by atoms with Crippen molar-refractivity contribution in [1.82, 2.24) is 20.0 Å². The average Bonchev–Trinajstić information content (AvgIpc) is 3.39. The van der Waals surface area contributed by atoms with E-state index in [0.29, 0.717) is 11.6 Å². The van der Waals surface area contributed by atoms with Crippen molar-refractivity contribution in [3.05, 3.63) is 71.4 Å². The van der Waals surface area contributed by atoms with Crippen LogP contribution in [0.15, 0.2) is 60.8 Å². The third-order valence-electron chi connectivity index (χ3n) is 5.12. The highest BCUT2D eigenvalue weighted by Crippen LogP contribution is 2.26. The zero-order valence-electron chi connectivity index (χ0n) is 15.8. The highest BCUT2D eigenvalue weighted by molar-refractivity contribution is 6.30. The topological polar surface area (TPSA) is 50.2 Å². The van der Waals surface area contributed by atoms with Gasteiger partial charge in [-0.15, -0.1) is 0 Å². The van der Waals surface area contributed by atoms with Crippen molar-refractivity contribution >= 4 is 17.5 Å². The van der Waals surface area contributed by atoms with Gasteiger partial charge >= 0.3 is 0 Å². The Hall–Kier alpha value is -2.63. The van der Waals surface area contributed by atoms with Crippen LogP contribution in [0.2, 0.25) is 5.02 Å². The number of benzene rings is 2. The number of nitrogens with zero attached hydrogens (tertiary/aromatic N) is 3. The molecule has 0 bridgehead atoms. The molecule has 1 aliphatic heterocycles. The molecule has 2 heterocycles. The third kappa shape index (κ3) is 3.96. The Morgan fingerprint density at radius 3 is 2.64 bits per heavy atom. The molecule has 0 aliphatic carbocycles.